The predicted octanol–water partition coefficient (Wildman–Crippen LogP) is -0.444. The molecule has 0 radical (unpaired) electrons. The molecule has 0 spiro atoms. The minimum absolute atomic E-state index is 0.0472. The summed E-state index contributed by atoms with van der Waals surface area (Å²) in [4.78, 5) is 12.0. The van der Waals surface area contributed by atoms with Crippen LogP contribution in [0.5, 0.6) is 0 Å². The number of oxime groups is 1. The SMILES string of the molecule is CC(C)C(C(=O)NCC1CCS(=O)(=O)C1)C(N)=NO. The molecule has 1 saturated heterocycles. The third-order valence-electron chi connectivity index (χ3n) is 3.27. The van der Waals surface area contributed by atoms with Crippen LogP contribution in [0.2, 0.25) is 0 Å². The standard InChI is InChI=1S/C11H21N3O4S/c1-7(2)9(10(12)14-16)11(15)13-5-8-3-4-19(17,18)6-8/h7-9,16H,3-6H2,1-2H3,(H2,12,14)(H,13,15). The smallest absolute Gasteiger partial charge is 0.231 e. The first-order valence-corrected chi connectivity index (χ1v) is 8.04. The molecule has 19 heavy (non-hydrogen) atoms. The molecular weight excluding hydrogens is 270 g/mol. The molecule has 0 aromatic rings. The maximum atomic E-state index is 12.0. The van der Waals surface area contributed by atoms with Crippen LogP contribution in [-0.4, -0.2) is 43.4 Å². The molecule has 110 valence electrons. The van der Waals surface area contributed by atoms with Gasteiger partial charge in [-0.05, 0) is 18.3 Å². The molecule has 8 heteroatoms. The second-order valence-corrected chi connectivity index (χ2v) is 7.49. The number of amidine groups is 1. The van der Waals surface area contributed by atoms with Crippen LogP contribution in [0.3, 0.4) is 0 Å². The number of sulfone groups is 1. The molecular formula is C11H21N3O4S. The van der Waals surface area contributed by atoms with E-state index in [9.17, 15) is 13.2 Å². The van der Waals surface area contributed by atoms with Gasteiger partial charge in [-0.1, -0.05) is 19.0 Å². The molecule has 2 atom stereocenters. The van der Waals surface area contributed by atoms with Crippen LogP contribution in [0.25, 0.3) is 0 Å². The second-order valence-electron chi connectivity index (χ2n) is 5.26. The lowest BCUT2D eigenvalue weighted by Crippen LogP contribution is -2.43. The minimum Gasteiger partial charge on any atom is -0.409 e. The summed E-state index contributed by atoms with van der Waals surface area (Å²) in [6.07, 6.45) is 0.568. The summed E-state index contributed by atoms with van der Waals surface area (Å²) in [5, 5.41) is 14.2. The summed E-state index contributed by atoms with van der Waals surface area (Å²) in [6, 6.07) is 0. The monoisotopic (exact) mass is 291 g/mol. The Morgan fingerprint density at radius 3 is 2.58 bits per heavy atom. The molecule has 0 bridgehead atoms. The summed E-state index contributed by atoms with van der Waals surface area (Å²) in [5.74, 6) is -1.04. The lowest BCUT2D eigenvalue weighted by molar-refractivity contribution is -0.124. The van der Waals surface area contributed by atoms with E-state index in [0.717, 1.165) is 0 Å². The average molecular weight is 291 g/mol. The van der Waals surface area contributed by atoms with Gasteiger partial charge in [0.1, 0.15) is 5.92 Å². The quantitative estimate of drug-likeness (QED) is 0.274. The Morgan fingerprint density at radius 2 is 2.16 bits per heavy atom. The van der Waals surface area contributed by atoms with E-state index in [4.69, 9.17) is 10.9 Å². The fourth-order valence-corrected chi connectivity index (χ4v) is 4.09. The van der Waals surface area contributed by atoms with Gasteiger partial charge >= 0.3 is 0 Å². The van der Waals surface area contributed by atoms with E-state index >= 15 is 0 Å². The Morgan fingerprint density at radius 1 is 1.53 bits per heavy atom. The first-order valence-electron chi connectivity index (χ1n) is 6.22. The fraction of sp³-hybridized carbons (Fsp3) is 0.818. The third kappa shape index (κ3) is 4.38. The zero-order chi connectivity index (χ0) is 14.6. The zero-order valence-electron chi connectivity index (χ0n) is 11.2. The molecule has 1 fully saturated rings. The van der Waals surface area contributed by atoms with Crippen LogP contribution in [0.4, 0.5) is 0 Å². The van der Waals surface area contributed by atoms with E-state index < -0.39 is 15.8 Å². The molecule has 2 unspecified atom stereocenters. The first-order chi connectivity index (χ1) is 8.76. The molecule has 1 amide bonds. The van der Waals surface area contributed by atoms with Crippen molar-refractivity contribution in [3.05, 3.63) is 0 Å². The number of hydrogen-bond donors (Lipinski definition) is 3. The Balaban J connectivity index is 2.55. The van der Waals surface area contributed by atoms with E-state index in [0.29, 0.717) is 13.0 Å². The molecule has 1 aliphatic heterocycles. The van der Waals surface area contributed by atoms with Gasteiger partial charge in [-0.15, -0.1) is 0 Å². The van der Waals surface area contributed by atoms with Crippen molar-refractivity contribution in [2.24, 2.45) is 28.6 Å². The van der Waals surface area contributed by atoms with Crippen molar-refractivity contribution < 1.29 is 18.4 Å². The van der Waals surface area contributed by atoms with E-state index in [1.54, 1.807) is 13.8 Å². The number of nitrogens with two attached hydrogens (primary N) is 1. The van der Waals surface area contributed by atoms with Gasteiger partial charge in [0.05, 0.1) is 11.5 Å². The zero-order valence-corrected chi connectivity index (χ0v) is 12.0. The molecule has 1 rings (SSSR count). The van der Waals surface area contributed by atoms with E-state index in [2.05, 4.69) is 10.5 Å². The molecule has 1 aliphatic rings. The van der Waals surface area contributed by atoms with Gasteiger partial charge in [0, 0.05) is 6.54 Å². The number of carbonyl (C=O) groups excluding carboxylic acids is 1. The Labute approximate surface area is 113 Å². The fourth-order valence-electron chi connectivity index (χ4n) is 2.23. The molecule has 7 nitrogen and oxygen atoms in total. The van der Waals surface area contributed by atoms with Crippen LogP contribution < -0.4 is 11.1 Å². The molecule has 1 heterocycles. The highest BCUT2D eigenvalue weighted by Crippen LogP contribution is 2.18. The maximum Gasteiger partial charge on any atom is 0.231 e. The van der Waals surface area contributed by atoms with Crippen molar-refractivity contribution in [3.8, 4) is 0 Å². The van der Waals surface area contributed by atoms with Crippen molar-refractivity contribution in [2.45, 2.75) is 20.3 Å². The number of rotatable bonds is 5. The number of nitrogens with one attached hydrogen (secondary N) is 1. The van der Waals surface area contributed by atoms with Gasteiger partial charge in [-0.2, -0.15) is 0 Å². The molecule has 0 saturated carbocycles. The van der Waals surface area contributed by atoms with Crippen LogP contribution in [-0.2, 0) is 14.6 Å². The predicted molar refractivity (Wildman–Crippen MR) is 71.5 cm³/mol. The molecule has 0 aromatic carbocycles. The van der Waals surface area contributed by atoms with Crippen molar-refractivity contribution in [3.63, 3.8) is 0 Å². The minimum atomic E-state index is -2.94. The van der Waals surface area contributed by atoms with Crippen molar-refractivity contribution in [1.82, 2.24) is 5.32 Å². The largest absolute Gasteiger partial charge is 0.409 e. The number of nitrogens with zero attached hydrogens (tertiary/aromatic N) is 1. The maximum absolute atomic E-state index is 12.0. The summed E-state index contributed by atoms with van der Waals surface area (Å²) in [5.41, 5.74) is 5.49. The summed E-state index contributed by atoms with van der Waals surface area (Å²) in [6.45, 7) is 3.89. The summed E-state index contributed by atoms with van der Waals surface area (Å²) in [7, 11) is -2.94. The normalized spacial score (nSPS) is 24.4. The van der Waals surface area contributed by atoms with Crippen LogP contribution >= 0.6 is 0 Å². The Kier molecular flexibility index (Phi) is 5.16. The number of amides is 1. The first kappa shape index (κ1) is 15.7. The lowest BCUT2D eigenvalue weighted by Gasteiger charge is -2.19. The molecule has 0 aliphatic carbocycles. The van der Waals surface area contributed by atoms with Gasteiger partial charge in [0.15, 0.2) is 15.7 Å². The Hall–Kier alpha value is -1.31. The van der Waals surface area contributed by atoms with Gasteiger partial charge < -0.3 is 16.3 Å². The van der Waals surface area contributed by atoms with Crippen LogP contribution in [0.15, 0.2) is 5.16 Å². The van der Waals surface area contributed by atoms with Crippen molar-refractivity contribution >= 4 is 21.6 Å². The van der Waals surface area contributed by atoms with Gasteiger partial charge in [0.25, 0.3) is 0 Å². The van der Waals surface area contributed by atoms with E-state index in [1.165, 1.54) is 0 Å². The number of hydrogen-bond acceptors (Lipinski definition) is 5. The van der Waals surface area contributed by atoms with Crippen molar-refractivity contribution in [2.75, 3.05) is 18.1 Å². The Bertz CT molecular complexity index is 459. The molecule has 4 N–H and O–H groups in total. The number of carbonyl (C=O) groups is 1. The highest BCUT2D eigenvalue weighted by Gasteiger charge is 2.30. The van der Waals surface area contributed by atoms with E-state index in [1.807, 2.05) is 0 Å². The van der Waals surface area contributed by atoms with Gasteiger partial charge in [-0.25, -0.2) is 8.42 Å². The highest BCUT2D eigenvalue weighted by molar-refractivity contribution is 7.91. The van der Waals surface area contributed by atoms with Crippen molar-refractivity contribution in [1.29, 1.82) is 0 Å². The molecule has 0 aromatic heterocycles. The average Bonchev–Trinajstić information content (AvgIpc) is 2.65. The highest BCUT2D eigenvalue weighted by atomic mass is 32.2. The summed E-state index contributed by atoms with van der Waals surface area (Å²) < 4.78 is 22.6. The topological polar surface area (TPSA) is 122 Å². The van der Waals surface area contributed by atoms with Crippen LogP contribution in [0, 0.1) is 17.8 Å². The summed E-state index contributed by atoms with van der Waals surface area (Å²) >= 11 is 0. The lowest BCUT2D eigenvalue weighted by atomic mass is 9.93. The van der Waals surface area contributed by atoms with E-state index in [-0.39, 0.29) is 35.1 Å². The third-order valence-corrected chi connectivity index (χ3v) is 5.11. The van der Waals surface area contributed by atoms with Crippen LogP contribution in [0.1, 0.15) is 20.3 Å². The second kappa shape index (κ2) is 6.23. The van der Waals surface area contributed by atoms with Gasteiger partial charge in [-0.3, -0.25) is 4.79 Å². The van der Waals surface area contributed by atoms with Gasteiger partial charge in [0.2, 0.25) is 5.91 Å².